The summed E-state index contributed by atoms with van der Waals surface area (Å²) in [5.41, 5.74) is 3.94. The van der Waals surface area contributed by atoms with Gasteiger partial charge in [0.25, 0.3) is 5.91 Å². The van der Waals surface area contributed by atoms with E-state index in [1.165, 1.54) is 5.56 Å². The lowest BCUT2D eigenvalue weighted by atomic mass is 9.85. The van der Waals surface area contributed by atoms with Crippen LogP contribution in [0.1, 0.15) is 88.5 Å². The van der Waals surface area contributed by atoms with Gasteiger partial charge in [0, 0.05) is 39.3 Å². The maximum atomic E-state index is 14.8. The highest BCUT2D eigenvalue weighted by Crippen LogP contribution is 2.47. The molecule has 11 heteroatoms. The Kier molecular flexibility index (Phi) is 13.6. The van der Waals surface area contributed by atoms with Gasteiger partial charge in [-0.05, 0) is 77.3 Å². The molecule has 1 saturated heterocycles. The molecule has 1 unspecified atom stereocenters. The molecule has 2 aliphatic heterocycles. The molecule has 1 N–H and O–H groups in total. The molecule has 0 spiro atoms. The predicted molar refractivity (Wildman–Crippen MR) is 214 cm³/mol. The third-order valence-electron chi connectivity index (χ3n) is 11.2. The van der Waals surface area contributed by atoms with Gasteiger partial charge < -0.3 is 28.9 Å². The van der Waals surface area contributed by atoms with Crippen LogP contribution in [0.3, 0.4) is 0 Å². The van der Waals surface area contributed by atoms with Crippen molar-refractivity contribution in [3.05, 3.63) is 89.0 Å². The number of aryl methyl sites for hydroxylation is 2. The molecule has 0 aromatic heterocycles. The van der Waals surface area contributed by atoms with Gasteiger partial charge in [0.1, 0.15) is 5.75 Å². The average molecular weight is 765 g/mol. The summed E-state index contributed by atoms with van der Waals surface area (Å²) in [6, 6.07) is 20.8. The zero-order valence-electron chi connectivity index (χ0n) is 33.1. The first-order chi connectivity index (χ1) is 25.2. The van der Waals surface area contributed by atoms with E-state index in [-0.39, 0.29) is 29.4 Å². The van der Waals surface area contributed by atoms with Crippen molar-refractivity contribution in [3.63, 3.8) is 0 Å². The molecule has 3 aromatic rings. The molecule has 0 radical (unpaired) electrons. The second-order valence-electron chi connectivity index (χ2n) is 15.5. The lowest BCUT2D eigenvalue weighted by Gasteiger charge is -2.49. The molecule has 1 fully saturated rings. The van der Waals surface area contributed by atoms with Crippen molar-refractivity contribution in [3.8, 4) is 5.75 Å². The number of anilines is 1. The molecule has 0 aliphatic carbocycles. The number of rotatable bonds is 16. The third kappa shape index (κ3) is 8.76. The van der Waals surface area contributed by atoms with E-state index >= 15 is 0 Å². The Morgan fingerprint density at radius 1 is 0.906 bits per heavy atom. The lowest BCUT2D eigenvalue weighted by molar-refractivity contribution is -0.121. The van der Waals surface area contributed by atoms with Crippen LogP contribution >= 0.6 is 0 Å². The van der Waals surface area contributed by atoms with Crippen molar-refractivity contribution in [2.24, 2.45) is 0 Å². The van der Waals surface area contributed by atoms with Crippen molar-refractivity contribution < 1.29 is 31.8 Å². The summed E-state index contributed by atoms with van der Waals surface area (Å²) in [6.07, 6.45) is 0.736. The molecule has 2 heterocycles. The number of hydrogen-bond donors (Lipinski definition) is 1. The zero-order chi connectivity index (χ0) is 38.5. The van der Waals surface area contributed by atoms with Gasteiger partial charge in [-0.1, -0.05) is 96.5 Å². The van der Waals surface area contributed by atoms with Crippen LogP contribution in [-0.2, 0) is 35.0 Å². The molecule has 53 heavy (non-hydrogen) atoms. The monoisotopic (exact) mass is 764 g/mol. The molecule has 3 aromatic carbocycles. The van der Waals surface area contributed by atoms with Gasteiger partial charge in [0.05, 0.1) is 22.8 Å². The first-order valence-electron chi connectivity index (χ1n) is 19.2. The Bertz CT molecular complexity index is 1760. The summed E-state index contributed by atoms with van der Waals surface area (Å²) >= 11 is 0. The van der Waals surface area contributed by atoms with Crippen LogP contribution in [0.5, 0.6) is 5.75 Å². The van der Waals surface area contributed by atoms with Crippen LogP contribution in [0.15, 0.2) is 71.6 Å². The van der Waals surface area contributed by atoms with Crippen LogP contribution < -0.4 is 15.0 Å². The summed E-state index contributed by atoms with van der Waals surface area (Å²) in [6.45, 7) is 19.7. The SMILES string of the molecule is CCc1ccc([C@@H]2[C@@H](OC(c3ccc4c(c3)N(CCCOC)C(=O)CO4)S(=O)(=O)c3ccc(C)cc3)CNC[C@H]2O[Si](C(C)C)(C(C)C)C(C)C)cc1. The number of carbonyl (C=O) groups excluding carboxylic acids is 1. The summed E-state index contributed by atoms with van der Waals surface area (Å²) in [7, 11) is -4.83. The molecule has 9 nitrogen and oxygen atoms in total. The molecular formula is C42H60N2O7SSi. The highest BCUT2D eigenvalue weighted by Gasteiger charge is 2.50. The number of hydrogen-bond acceptors (Lipinski definition) is 8. The summed E-state index contributed by atoms with van der Waals surface area (Å²) in [5.74, 6) is 0.0927. The number of nitrogens with one attached hydrogen (secondary N) is 1. The molecule has 2 aliphatic rings. The van der Waals surface area contributed by atoms with E-state index in [1.807, 2.05) is 6.92 Å². The van der Waals surface area contributed by atoms with E-state index in [9.17, 15) is 13.2 Å². The topological polar surface area (TPSA) is 103 Å². The van der Waals surface area contributed by atoms with Gasteiger partial charge in [-0.15, -0.1) is 0 Å². The van der Waals surface area contributed by atoms with E-state index in [0.29, 0.717) is 66.3 Å². The van der Waals surface area contributed by atoms with E-state index in [1.54, 1.807) is 54.5 Å². The average Bonchev–Trinajstić information content (AvgIpc) is 3.13. The first-order valence-corrected chi connectivity index (χ1v) is 22.9. The molecule has 290 valence electrons. The van der Waals surface area contributed by atoms with E-state index in [0.717, 1.165) is 17.5 Å². The number of sulfone groups is 1. The summed E-state index contributed by atoms with van der Waals surface area (Å²) in [4.78, 5) is 15.0. The van der Waals surface area contributed by atoms with Crippen LogP contribution in [0.25, 0.3) is 0 Å². The van der Waals surface area contributed by atoms with Gasteiger partial charge in [-0.3, -0.25) is 4.79 Å². The van der Waals surface area contributed by atoms with E-state index < -0.39 is 29.7 Å². The van der Waals surface area contributed by atoms with Crippen LogP contribution in [0, 0.1) is 6.92 Å². The second-order valence-corrected chi connectivity index (χ2v) is 22.9. The van der Waals surface area contributed by atoms with Gasteiger partial charge in [0.2, 0.25) is 18.2 Å². The Labute approximate surface area is 318 Å². The molecule has 4 atom stereocenters. The van der Waals surface area contributed by atoms with Crippen LogP contribution in [0.2, 0.25) is 16.6 Å². The van der Waals surface area contributed by atoms with E-state index in [4.69, 9.17) is 18.6 Å². The normalized spacial score (nSPS) is 20.2. The fraction of sp³-hybridized carbons (Fsp3) is 0.548. The van der Waals surface area contributed by atoms with Gasteiger partial charge in [-0.25, -0.2) is 8.42 Å². The quantitative estimate of drug-likeness (QED) is 0.115. The highest BCUT2D eigenvalue weighted by molar-refractivity contribution is 7.91. The molecule has 1 amide bonds. The fourth-order valence-electron chi connectivity index (χ4n) is 8.50. The third-order valence-corrected chi connectivity index (χ3v) is 19.2. The Balaban J connectivity index is 1.63. The van der Waals surface area contributed by atoms with Gasteiger partial charge in [-0.2, -0.15) is 0 Å². The second kappa shape index (κ2) is 17.6. The molecular weight excluding hydrogens is 705 g/mol. The minimum atomic E-state index is -4.10. The van der Waals surface area contributed by atoms with Crippen molar-refractivity contribution in [1.82, 2.24) is 5.32 Å². The number of carbonyl (C=O) groups is 1. The summed E-state index contributed by atoms with van der Waals surface area (Å²) in [5, 5.41) is 3.59. The zero-order valence-corrected chi connectivity index (χ0v) is 34.9. The number of methoxy groups -OCH3 is 1. The largest absolute Gasteiger partial charge is 0.482 e. The number of fused-ring (bicyclic) bond motifs is 1. The molecule has 0 bridgehead atoms. The standard InChI is InChI=1S/C42H60N2O7SSi/c1-10-32-14-16-33(17-15-32)41-38(25-43-26-39(41)51-53(28(2)3,29(4)5)30(6)7)50-42(52(46,47)35-19-12-31(8)13-20-35)34-18-21-37-36(24-34)44(22-11-23-48-9)40(45)27-49-37/h12-21,24,28-30,38-39,41-43H,10-11,22-23,25-27H2,1-9H3/t38-,39+,41+,42?/m0/s1. The fourth-order valence-corrected chi connectivity index (χ4v) is 15.6. The highest BCUT2D eigenvalue weighted by atomic mass is 32.2. The van der Waals surface area contributed by atoms with Gasteiger partial charge >= 0.3 is 0 Å². The predicted octanol–water partition coefficient (Wildman–Crippen LogP) is 8.12. The van der Waals surface area contributed by atoms with Crippen molar-refractivity contribution in [1.29, 1.82) is 0 Å². The van der Waals surface area contributed by atoms with Gasteiger partial charge in [0.15, 0.2) is 12.0 Å². The van der Waals surface area contributed by atoms with E-state index in [2.05, 4.69) is 78.0 Å². The Hall–Kier alpha value is -3.06. The number of amides is 1. The summed E-state index contributed by atoms with van der Waals surface area (Å²) < 4.78 is 55.3. The Morgan fingerprint density at radius 3 is 2.15 bits per heavy atom. The Morgan fingerprint density at radius 2 is 1.55 bits per heavy atom. The number of ether oxygens (including phenoxy) is 3. The van der Waals surface area contributed by atoms with Crippen molar-refractivity contribution in [2.45, 2.75) is 113 Å². The number of nitrogens with zero attached hydrogens (tertiary/aromatic N) is 1. The minimum absolute atomic E-state index is 0.0809. The lowest BCUT2D eigenvalue weighted by Crippen LogP contribution is -2.58. The maximum absolute atomic E-state index is 14.8. The van der Waals surface area contributed by atoms with Crippen molar-refractivity contribution in [2.75, 3.05) is 44.9 Å². The maximum Gasteiger partial charge on any atom is 0.265 e. The first kappa shape index (κ1) is 41.1. The number of piperidine rings is 1. The van der Waals surface area contributed by atoms with Crippen molar-refractivity contribution >= 4 is 29.7 Å². The van der Waals surface area contributed by atoms with Crippen LogP contribution in [-0.4, -0.2) is 74.8 Å². The van der Waals surface area contributed by atoms with Crippen LogP contribution in [0.4, 0.5) is 5.69 Å². The minimum Gasteiger partial charge on any atom is -0.482 e. The molecule has 0 saturated carbocycles. The smallest absolute Gasteiger partial charge is 0.265 e. The number of benzene rings is 3. The molecule has 5 rings (SSSR count).